The minimum Gasteiger partial charge on any atom is -0.310 e. The lowest BCUT2D eigenvalue weighted by molar-refractivity contribution is -0.387. The molecular formula is C16H17FN2O2. The van der Waals surface area contributed by atoms with Gasteiger partial charge in [0, 0.05) is 24.2 Å². The van der Waals surface area contributed by atoms with Crippen molar-refractivity contribution in [2.24, 2.45) is 0 Å². The predicted molar refractivity (Wildman–Crippen MR) is 79.5 cm³/mol. The molecule has 0 saturated carbocycles. The van der Waals surface area contributed by atoms with Gasteiger partial charge >= 0.3 is 5.69 Å². The Kier molecular flexibility index (Phi) is 5.00. The van der Waals surface area contributed by atoms with Gasteiger partial charge in [-0.25, -0.2) is 0 Å². The zero-order chi connectivity index (χ0) is 15.2. The second-order valence-electron chi connectivity index (χ2n) is 4.98. The Morgan fingerprint density at radius 2 is 1.90 bits per heavy atom. The zero-order valence-electron chi connectivity index (χ0n) is 11.8. The lowest BCUT2D eigenvalue weighted by Crippen LogP contribution is -2.28. The molecule has 0 saturated heterocycles. The van der Waals surface area contributed by atoms with Gasteiger partial charge in [0.15, 0.2) is 0 Å². The Balaban J connectivity index is 1.97. The fourth-order valence-electron chi connectivity index (χ4n) is 2.17. The van der Waals surface area contributed by atoms with Gasteiger partial charge in [-0.3, -0.25) is 10.1 Å². The van der Waals surface area contributed by atoms with Crippen LogP contribution in [-0.4, -0.2) is 11.0 Å². The third-order valence-electron chi connectivity index (χ3n) is 3.28. The third kappa shape index (κ3) is 4.10. The van der Waals surface area contributed by atoms with Gasteiger partial charge in [-0.15, -0.1) is 0 Å². The average molecular weight is 288 g/mol. The van der Waals surface area contributed by atoms with Crippen LogP contribution < -0.4 is 5.32 Å². The average Bonchev–Trinajstić information content (AvgIpc) is 2.47. The van der Waals surface area contributed by atoms with E-state index in [-0.39, 0.29) is 12.6 Å². The molecule has 21 heavy (non-hydrogen) atoms. The topological polar surface area (TPSA) is 55.2 Å². The largest absolute Gasteiger partial charge is 0.310 e. The molecule has 0 bridgehead atoms. The van der Waals surface area contributed by atoms with Crippen molar-refractivity contribution in [3.8, 4) is 0 Å². The first kappa shape index (κ1) is 15.1. The molecule has 0 aliphatic heterocycles. The molecule has 2 rings (SSSR count). The number of nitro groups is 1. The molecule has 0 heterocycles. The highest BCUT2D eigenvalue weighted by Crippen LogP contribution is 2.20. The second-order valence-corrected chi connectivity index (χ2v) is 4.98. The van der Waals surface area contributed by atoms with E-state index in [0.29, 0.717) is 5.56 Å². The van der Waals surface area contributed by atoms with E-state index in [1.165, 1.54) is 17.7 Å². The van der Waals surface area contributed by atoms with E-state index >= 15 is 0 Å². The van der Waals surface area contributed by atoms with Crippen molar-refractivity contribution in [1.82, 2.24) is 5.32 Å². The number of halogens is 1. The molecule has 0 amide bonds. The summed E-state index contributed by atoms with van der Waals surface area (Å²) in [4.78, 5) is 10.00. The molecule has 0 aliphatic rings. The number of rotatable bonds is 6. The van der Waals surface area contributed by atoms with Crippen molar-refractivity contribution >= 4 is 5.69 Å². The smallest absolute Gasteiger partial charge is 0.305 e. The molecular weight excluding hydrogens is 271 g/mol. The van der Waals surface area contributed by atoms with Crippen LogP contribution in [0.4, 0.5) is 10.1 Å². The number of nitro benzene ring substituents is 1. The number of benzene rings is 2. The lowest BCUT2D eigenvalue weighted by Gasteiger charge is -2.14. The normalized spacial score (nSPS) is 12.1. The van der Waals surface area contributed by atoms with Crippen LogP contribution in [0.25, 0.3) is 0 Å². The Bertz CT molecular complexity index is 617. The quantitative estimate of drug-likeness (QED) is 0.654. The van der Waals surface area contributed by atoms with Gasteiger partial charge in [0.1, 0.15) is 0 Å². The standard InChI is InChI=1S/C16H17FN2O2/c1-12(10-13-6-3-2-4-7-13)18-11-14-8-5-9-15(16(14)17)19(20)21/h2-9,12,18H,10-11H2,1H3. The fourth-order valence-corrected chi connectivity index (χ4v) is 2.17. The first-order valence-electron chi connectivity index (χ1n) is 6.77. The molecule has 0 aliphatic carbocycles. The number of hydrogen-bond acceptors (Lipinski definition) is 3. The first-order valence-corrected chi connectivity index (χ1v) is 6.77. The monoisotopic (exact) mass is 288 g/mol. The van der Waals surface area contributed by atoms with Crippen LogP contribution in [0, 0.1) is 15.9 Å². The van der Waals surface area contributed by atoms with E-state index < -0.39 is 16.4 Å². The Hall–Kier alpha value is -2.27. The maximum absolute atomic E-state index is 13.9. The van der Waals surface area contributed by atoms with Gasteiger partial charge in [0.2, 0.25) is 5.82 Å². The van der Waals surface area contributed by atoms with Crippen LogP contribution in [-0.2, 0) is 13.0 Å². The summed E-state index contributed by atoms with van der Waals surface area (Å²) in [6, 6.07) is 14.4. The highest BCUT2D eigenvalue weighted by atomic mass is 19.1. The van der Waals surface area contributed by atoms with Crippen molar-refractivity contribution in [2.45, 2.75) is 25.9 Å². The molecule has 0 fully saturated rings. The fraction of sp³-hybridized carbons (Fsp3) is 0.250. The van der Waals surface area contributed by atoms with E-state index in [1.54, 1.807) is 6.07 Å². The molecule has 110 valence electrons. The van der Waals surface area contributed by atoms with Crippen LogP contribution in [0.2, 0.25) is 0 Å². The minimum atomic E-state index is -0.762. The van der Waals surface area contributed by atoms with Crippen molar-refractivity contribution in [2.75, 3.05) is 0 Å². The van der Waals surface area contributed by atoms with Crippen LogP contribution in [0.3, 0.4) is 0 Å². The molecule has 1 atom stereocenters. The van der Waals surface area contributed by atoms with Gasteiger partial charge in [0.05, 0.1) is 4.92 Å². The maximum atomic E-state index is 13.9. The molecule has 0 spiro atoms. The summed E-state index contributed by atoms with van der Waals surface area (Å²) in [6.45, 7) is 2.27. The summed E-state index contributed by atoms with van der Waals surface area (Å²) in [5.74, 6) is -0.762. The van der Waals surface area contributed by atoms with Crippen molar-refractivity contribution in [1.29, 1.82) is 0 Å². The van der Waals surface area contributed by atoms with Crippen LogP contribution in [0.5, 0.6) is 0 Å². The van der Waals surface area contributed by atoms with Crippen molar-refractivity contribution in [3.63, 3.8) is 0 Å². The molecule has 2 aromatic carbocycles. The van der Waals surface area contributed by atoms with Crippen molar-refractivity contribution < 1.29 is 9.31 Å². The second kappa shape index (κ2) is 6.95. The highest BCUT2D eigenvalue weighted by Gasteiger charge is 2.17. The van der Waals surface area contributed by atoms with Gasteiger partial charge in [-0.1, -0.05) is 42.5 Å². The third-order valence-corrected chi connectivity index (χ3v) is 3.28. The molecule has 2 aromatic rings. The summed E-state index contributed by atoms with van der Waals surface area (Å²) in [5, 5.41) is 13.9. The van der Waals surface area contributed by atoms with E-state index in [0.717, 1.165) is 6.42 Å². The van der Waals surface area contributed by atoms with Gasteiger partial charge in [-0.05, 0) is 18.9 Å². The van der Waals surface area contributed by atoms with Crippen LogP contribution in [0.1, 0.15) is 18.1 Å². The maximum Gasteiger partial charge on any atom is 0.305 e. The molecule has 1 N–H and O–H groups in total. The number of nitrogens with one attached hydrogen (secondary N) is 1. The first-order chi connectivity index (χ1) is 10.1. The molecule has 1 unspecified atom stereocenters. The van der Waals surface area contributed by atoms with E-state index in [4.69, 9.17) is 0 Å². The Labute approximate surface area is 122 Å². The molecule has 4 nitrogen and oxygen atoms in total. The minimum absolute atomic E-state index is 0.145. The van der Waals surface area contributed by atoms with Crippen LogP contribution in [0.15, 0.2) is 48.5 Å². The lowest BCUT2D eigenvalue weighted by atomic mass is 10.1. The van der Waals surface area contributed by atoms with E-state index in [1.807, 2.05) is 37.3 Å². The summed E-state index contributed by atoms with van der Waals surface area (Å²) in [5.41, 5.74) is 1.02. The highest BCUT2D eigenvalue weighted by molar-refractivity contribution is 5.36. The number of hydrogen-bond donors (Lipinski definition) is 1. The molecule has 0 aromatic heterocycles. The zero-order valence-corrected chi connectivity index (χ0v) is 11.8. The van der Waals surface area contributed by atoms with Crippen LogP contribution >= 0.6 is 0 Å². The van der Waals surface area contributed by atoms with E-state index in [9.17, 15) is 14.5 Å². The van der Waals surface area contributed by atoms with Crippen molar-refractivity contribution in [3.05, 3.63) is 75.6 Å². The summed E-state index contributed by atoms with van der Waals surface area (Å²) in [7, 11) is 0. The Morgan fingerprint density at radius 1 is 1.19 bits per heavy atom. The van der Waals surface area contributed by atoms with Gasteiger partial charge in [-0.2, -0.15) is 4.39 Å². The predicted octanol–water partition coefficient (Wildman–Crippen LogP) is 3.45. The van der Waals surface area contributed by atoms with E-state index in [2.05, 4.69) is 5.32 Å². The Morgan fingerprint density at radius 3 is 2.57 bits per heavy atom. The summed E-state index contributed by atoms with van der Waals surface area (Å²) < 4.78 is 13.9. The molecule has 0 radical (unpaired) electrons. The summed E-state index contributed by atoms with van der Waals surface area (Å²) in [6.07, 6.45) is 0.817. The number of nitrogens with zero attached hydrogens (tertiary/aromatic N) is 1. The summed E-state index contributed by atoms with van der Waals surface area (Å²) >= 11 is 0. The SMILES string of the molecule is CC(Cc1ccccc1)NCc1cccc([N+](=O)[O-])c1F. The van der Waals surface area contributed by atoms with Gasteiger partial charge < -0.3 is 5.32 Å². The molecule has 5 heteroatoms. The van der Waals surface area contributed by atoms with Gasteiger partial charge in [0.25, 0.3) is 0 Å².